The number of fused-ring (bicyclic) bond motifs is 2. The summed E-state index contributed by atoms with van der Waals surface area (Å²) in [7, 11) is -6.46. The van der Waals surface area contributed by atoms with Crippen LogP contribution in [0.3, 0.4) is 0 Å². The molecule has 1 aliphatic carbocycles. The van der Waals surface area contributed by atoms with Crippen molar-refractivity contribution in [2.45, 2.75) is 153 Å². The van der Waals surface area contributed by atoms with Gasteiger partial charge >= 0.3 is 0 Å². The van der Waals surface area contributed by atoms with E-state index in [1.54, 1.807) is 7.05 Å². The molecule has 3 aliphatic rings. The van der Waals surface area contributed by atoms with E-state index in [1.807, 2.05) is 18.2 Å². The maximum atomic E-state index is 11.6. The quantitative estimate of drug-likeness (QED) is 0.0135. The van der Waals surface area contributed by atoms with Crippen LogP contribution in [0.5, 0.6) is 0 Å². The molecule has 2 heterocycles. The second-order valence-electron chi connectivity index (χ2n) is 19.4. The standard InChI is InChI=1S/C51H74N4O10S3/c1-38-23-27-44-42(36-38)50(2,3)46(54(44)32-15-17-34-67(58,59)60)29-24-39-20-19-21-40(49(39)53-31-14-12-10-8-7-9-11-13-22-48(56)52-6)25-30-47-51(4,5)43-37-41(66-65-64-57)26-28-45(43)55(47)33-16-18-35-68(61,62)63/h23-30,36-37H,7-22,31-35H2,1-6H3,(H4,52,56,57,58,59,60,61,62,63)/p+1/b39-24+,46-29+. The van der Waals surface area contributed by atoms with Gasteiger partial charge in [-0.3, -0.25) is 13.9 Å². The van der Waals surface area contributed by atoms with Crippen molar-refractivity contribution in [2.24, 2.45) is 0 Å². The van der Waals surface area contributed by atoms with E-state index in [0.717, 1.165) is 115 Å². The molecule has 2 aliphatic heterocycles. The molecule has 0 saturated heterocycles. The molecular weight excluding hydrogens is 925 g/mol. The topological polar surface area (TPSA) is 195 Å². The Balaban J connectivity index is 1.47. The Morgan fingerprint density at radius 3 is 2.16 bits per heavy atom. The van der Waals surface area contributed by atoms with E-state index >= 15 is 0 Å². The van der Waals surface area contributed by atoms with Gasteiger partial charge in [-0.05, 0) is 113 Å². The number of unbranched alkanes of at least 4 members (excludes halogenated alkanes) is 9. The fraction of sp³-hybridized carbons (Fsp3) is 0.569. The summed E-state index contributed by atoms with van der Waals surface area (Å²) in [4.78, 5) is 14.6. The monoisotopic (exact) mass is 999 g/mol. The average molecular weight is 1000 g/mol. The van der Waals surface area contributed by atoms with E-state index in [-0.39, 0.29) is 22.8 Å². The number of benzene rings is 2. The predicted octanol–water partition coefficient (Wildman–Crippen LogP) is 10.6. The Bertz CT molecular complexity index is 2460. The highest BCUT2D eigenvalue weighted by atomic mass is 32.2. The van der Waals surface area contributed by atoms with Crippen molar-refractivity contribution in [3.8, 4) is 0 Å². The summed E-state index contributed by atoms with van der Waals surface area (Å²) in [5.41, 5.74) is 10.5. The predicted molar refractivity (Wildman–Crippen MR) is 273 cm³/mol. The maximum absolute atomic E-state index is 11.6. The number of carbonyl (C=O) groups excluding carboxylic acids is 1. The molecule has 68 heavy (non-hydrogen) atoms. The molecule has 1 amide bonds. The number of nitrogens with zero attached hydrogens (tertiary/aromatic N) is 2. The van der Waals surface area contributed by atoms with Gasteiger partial charge in [-0.15, -0.1) is 4.33 Å². The van der Waals surface area contributed by atoms with Crippen molar-refractivity contribution in [1.82, 2.24) is 10.6 Å². The minimum atomic E-state index is -4.09. The fourth-order valence-corrected chi connectivity index (χ4v) is 11.3. The largest absolute Gasteiger partial charge is 0.385 e. The lowest BCUT2D eigenvalue weighted by atomic mass is 9.81. The van der Waals surface area contributed by atoms with Crippen LogP contribution in [0.4, 0.5) is 11.4 Å². The number of rotatable bonds is 28. The maximum Gasteiger partial charge on any atom is 0.264 e. The molecule has 0 fully saturated rings. The molecular formula is C51H75N4O10S3+. The Hall–Kier alpha value is -3.81. The lowest BCUT2D eigenvalue weighted by Gasteiger charge is -2.28. The zero-order chi connectivity index (χ0) is 49.5. The summed E-state index contributed by atoms with van der Waals surface area (Å²) in [5.74, 6) is -0.474. The Labute approximate surface area is 410 Å². The molecule has 0 spiro atoms. The summed E-state index contributed by atoms with van der Waals surface area (Å²) < 4.78 is 72.2. The molecule has 0 bridgehead atoms. The third kappa shape index (κ3) is 15.6. The van der Waals surface area contributed by atoms with E-state index in [4.69, 9.17) is 9.59 Å². The highest BCUT2D eigenvalue weighted by Crippen LogP contribution is 2.48. The molecule has 5 N–H and O–H groups in total. The van der Waals surface area contributed by atoms with Gasteiger partial charge in [-0.1, -0.05) is 87.3 Å². The number of nitrogens with one attached hydrogen (secondary N) is 2. The van der Waals surface area contributed by atoms with Crippen molar-refractivity contribution >= 4 is 55.3 Å². The van der Waals surface area contributed by atoms with E-state index in [1.165, 1.54) is 35.1 Å². The molecule has 14 nitrogen and oxygen atoms in total. The van der Waals surface area contributed by atoms with Crippen LogP contribution < -0.4 is 15.5 Å². The van der Waals surface area contributed by atoms with Gasteiger partial charge in [0.1, 0.15) is 6.54 Å². The first kappa shape index (κ1) is 55.1. The van der Waals surface area contributed by atoms with E-state index in [9.17, 15) is 30.7 Å². The van der Waals surface area contributed by atoms with Crippen molar-refractivity contribution in [3.05, 3.63) is 99.9 Å². The van der Waals surface area contributed by atoms with Gasteiger partial charge in [0.2, 0.25) is 11.6 Å². The summed E-state index contributed by atoms with van der Waals surface area (Å²) >= 11 is 0.900. The number of aryl methyl sites for hydroxylation is 1. The number of hydrogen-bond acceptors (Lipinski definition) is 11. The zero-order valence-corrected chi connectivity index (χ0v) is 43.4. The number of carbonyl (C=O) groups is 1. The first-order chi connectivity index (χ1) is 32.3. The van der Waals surface area contributed by atoms with E-state index < -0.39 is 25.7 Å². The van der Waals surface area contributed by atoms with Crippen molar-refractivity contribution in [3.63, 3.8) is 0 Å². The van der Waals surface area contributed by atoms with E-state index in [2.05, 4.69) is 102 Å². The lowest BCUT2D eigenvalue weighted by Crippen LogP contribution is -2.28. The molecule has 2 aromatic carbocycles. The Morgan fingerprint density at radius 2 is 1.49 bits per heavy atom. The minimum absolute atomic E-state index is 0.103. The highest BCUT2D eigenvalue weighted by molar-refractivity contribution is 7.94. The number of anilines is 1. The van der Waals surface area contributed by atoms with Crippen LogP contribution in [0.2, 0.25) is 0 Å². The third-order valence-corrected chi connectivity index (χ3v) is 15.7. The summed E-state index contributed by atoms with van der Waals surface area (Å²) in [6.07, 6.45) is 22.8. The fourth-order valence-electron chi connectivity index (χ4n) is 9.80. The molecule has 376 valence electrons. The summed E-state index contributed by atoms with van der Waals surface area (Å²) in [6, 6.07) is 12.4. The first-order valence-electron chi connectivity index (χ1n) is 24.3. The first-order valence-corrected chi connectivity index (χ1v) is 28.2. The van der Waals surface area contributed by atoms with E-state index in [0.29, 0.717) is 45.2 Å². The number of hydrogen-bond donors (Lipinski definition) is 5. The minimum Gasteiger partial charge on any atom is -0.385 e. The van der Waals surface area contributed by atoms with Crippen LogP contribution in [0.25, 0.3) is 0 Å². The normalized spacial score (nSPS) is 18.0. The molecule has 0 aromatic heterocycles. The van der Waals surface area contributed by atoms with Gasteiger partial charge < -0.3 is 15.5 Å². The molecule has 2 aromatic rings. The van der Waals surface area contributed by atoms with Gasteiger partial charge in [0.25, 0.3) is 20.2 Å². The highest BCUT2D eigenvalue weighted by Gasteiger charge is 2.45. The lowest BCUT2D eigenvalue weighted by molar-refractivity contribution is -0.438. The Morgan fingerprint density at radius 1 is 0.809 bits per heavy atom. The van der Waals surface area contributed by atoms with Crippen molar-refractivity contribution in [1.29, 1.82) is 0 Å². The second kappa shape index (κ2) is 25.3. The zero-order valence-electron chi connectivity index (χ0n) is 40.9. The second-order valence-corrected chi connectivity index (χ2v) is 23.3. The summed E-state index contributed by atoms with van der Waals surface area (Å²) in [5, 5.41) is 19.3. The van der Waals surface area contributed by atoms with Crippen LogP contribution in [-0.2, 0) is 45.2 Å². The summed E-state index contributed by atoms with van der Waals surface area (Å²) in [6.45, 7) is 12.9. The number of allylic oxidation sites excluding steroid dienone is 7. The number of amides is 1. The van der Waals surface area contributed by atoms with Gasteiger partial charge in [0.05, 0.1) is 29.0 Å². The average Bonchev–Trinajstić information content (AvgIpc) is 3.62. The van der Waals surface area contributed by atoms with Crippen LogP contribution in [0.1, 0.15) is 147 Å². The van der Waals surface area contributed by atoms with Crippen molar-refractivity contribution < 1.29 is 49.9 Å². The molecule has 0 atom stereocenters. The van der Waals surface area contributed by atoms with Crippen LogP contribution in [0, 0.1) is 6.92 Å². The van der Waals surface area contributed by atoms with Gasteiger partial charge in [0, 0.05) is 78.1 Å². The van der Waals surface area contributed by atoms with Gasteiger partial charge in [-0.2, -0.15) is 21.4 Å². The van der Waals surface area contributed by atoms with Crippen LogP contribution >= 0.6 is 12.0 Å². The smallest absolute Gasteiger partial charge is 0.264 e. The molecule has 0 radical (unpaired) electrons. The molecule has 0 unspecified atom stereocenters. The SMILES string of the molecule is CNC(=O)CCCCCCCCCCNC1=C(/C=C/C2=[N+](CCCCS(=O)(=O)O)c3ccc(SOOO)cc3C2(C)C)CCC/C1=C\C=C1\N(CCCCS(=O)(=O)O)c2ccc(C)cc2C1(C)C. The molecule has 17 heteroatoms. The van der Waals surface area contributed by atoms with Crippen molar-refractivity contribution in [2.75, 3.05) is 43.1 Å². The van der Waals surface area contributed by atoms with Gasteiger partial charge in [0.15, 0.2) is 5.71 Å². The molecule has 5 rings (SSSR count). The van der Waals surface area contributed by atoms with Crippen LogP contribution in [0.15, 0.2) is 88.1 Å². The van der Waals surface area contributed by atoms with Crippen LogP contribution in [-0.4, -0.2) is 85.6 Å². The third-order valence-electron chi connectivity index (χ3n) is 13.5. The Kier molecular flexibility index (Phi) is 20.5. The van der Waals surface area contributed by atoms with Gasteiger partial charge in [-0.25, -0.2) is 5.26 Å². The molecule has 0 saturated carbocycles.